The molecule has 0 spiro atoms. The zero-order chi connectivity index (χ0) is 12.1. The predicted molar refractivity (Wildman–Crippen MR) is 65.7 cm³/mol. The van der Waals surface area contributed by atoms with Gasteiger partial charge in [0.1, 0.15) is 12.4 Å². The largest absolute Gasteiger partial charge is 0.491 e. The van der Waals surface area contributed by atoms with Crippen LogP contribution in [0.4, 0.5) is 0 Å². The Labute approximate surface area is 97.6 Å². The van der Waals surface area contributed by atoms with E-state index >= 15 is 0 Å². The van der Waals surface area contributed by atoms with Crippen LogP contribution in [0.1, 0.15) is 31.0 Å². The molecule has 3 heteroatoms. The molecule has 0 heterocycles. The number of nitrogens with two attached hydrogens (primary N) is 1. The molecule has 0 bridgehead atoms. The number of aryl methyl sites for hydroxylation is 1. The van der Waals surface area contributed by atoms with E-state index in [1.807, 2.05) is 32.9 Å². The van der Waals surface area contributed by atoms with E-state index < -0.39 is 0 Å². The molecule has 0 saturated heterocycles. The Balaban J connectivity index is 2.68. The van der Waals surface area contributed by atoms with Gasteiger partial charge in [0, 0.05) is 13.2 Å². The fraction of sp³-hybridized carbons (Fsp3) is 0.538. The lowest BCUT2D eigenvalue weighted by Gasteiger charge is -2.14. The molecule has 1 unspecified atom stereocenters. The second-order valence-corrected chi connectivity index (χ2v) is 4.17. The molecule has 2 atom stereocenters. The van der Waals surface area contributed by atoms with Gasteiger partial charge in [0.25, 0.3) is 0 Å². The third-order valence-corrected chi connectivity index (χ3v) is 2.60. The van der Waals surface area contributed by atoms with Gasteiger partial charge in [0.15, 0.2) is 0 Å². The van der Waals surface area contributed by atoms with E-state index in [1.54, 1.807) is 7.11 Å². The van der Waals surface area contributed by atoms with Crippen molar-refractivity contribution in [1.82, 2.24) is 0 Å². The van der Waals surface area contributed by atoms with E-state index in [1.165, 1.54) is 0 Å². The summed E-state index contributed by atoms with van der Waals surface area (Å²) in [6.07, 6.45) is 0.104. The Morgan fingerprint density at radius 2 is 2.00 bits per heavy atom. The number of benzene rings is 1. The molecule has 2 N–H and O–H groups in total. The fourth-order valence-electron chi connectivity index (χ4n) is 1.39. The molecule has 3 nitrogen and oxygen atoms in total. The molecular weight excluding hydrogens is 202 g/mol. The first kappa shape index (κ1) is 13.0. The van der Waals surface area contributed by atoms with E-state index in [4.69, 9.17) is 15.2 Å². The van der Waals surface area contributed by atoms with Crippen LogP contribution in [-0.2, 0) is 4.74 Å². The van der Waals surface area contributed by atoms with E-state index in [0.29, 0.717) is 6.61 Å². The van der Waals surface area contributed by atoms with E-state index in [9.17, 15) is 0 Å². The van der Waals surface area contributed by atoms with Gasteiger partial charge in [-0.15, -0.1) is 0 Å². The van der Waals surface area contributed by atoms with Crippen LogP contribution in [0.2, 0.25) is 0 Å². The Bertz CT molecular complexity index is 337. The van der Waals surface area contributed by atoms with Crippen LogP contribution in [-0.4, -0.2) is 19.8 Å². The molecular formula is C13H21NO2. The molecule has 0 aromatic heterocycles. The van der Waals surface area contributed by atoms with Crippen molar-refractivity contribution in [3.8, 4) is 5.75 Å². The quantitative estimate of drug-likeness (QED) is 0.833. The first-order chi connectivity index (χ1) is 7.54. The van der Waals surface area contributed by atoms with Crippen molar-refractivity contribution in [2.45, 2.75) is 32.9 Å². The zero-order valence-corrected chi connectivity index (χ0v) is 10.5. The monoisotopic (exact) mass is 223 g/mol. The van der Waals surface area contributed by atoms with Crippen molar-refractivity contribution in [3.63, 3.8) is 0 Å². The SMILES string of the molecule is COC(C)COc1ccc([C@H](C)N)cc1C. The Morgan fingerprint density at radius 1 is 1.31 bits per heavy atom. The molecule has 0 aliphatic carbocycles. The normalized spacial score (nSPS) is 14.6. The van der Waals surface area contributed by atoms with E-state index in [0.717, 1.165) is 16.9 Å². The molecule has 90 valence electrons. The lowest BCUT2D eigenvalue weighted by atomic mass is 10.1. The topological polar surface area (TPSA) is 44.5 Å². The second kappa shape index (κ2) is 5.87. The summed E-state index contributed by atoms with van der Waals surface area (Å²) in [5.74, 6) is 0.897. The predicted octanol–water partition coefficient (Wildman–Crippen LogP) is 2.43. The highest BCUT2D eigenvalue weighted by molar-refractivity contribution is 5.37. The zero-order valence-electron chi connectivity index (χ0n) is 10.5. The summed E-state index contributed by atoms with van der Waals surface area (Å²) < 4.78 is 10.8. The van der Waals surface area contributed by atoms with Crippen molar-refractivity contribution in [3.05, 3.63) is 29.3 Å². The Morgan fingerprint density at radius 3 is 2.50 bits per heavy atom. The van der Waals surface area contributed by atoms with Gasteiger partial charge in [-0.3, -0.25) is 0 Å². The van der Waals surface area contributed by atoms with Gasteiger partial charge < -0.3 is 15.2 Å². The maximum absolute atomic E-state index is 5.82. The summed E-state index contributed by atoms with van der Waals surface area (Å²) in [5, 5.41) is 0. The van der Waals surface area contributed by atoms with Crippen molar-refractivity contribution >= 4 is 0 Å². The molecule has 1 aromatic rings. The van der Waals surface area contributed by atoms with E-state index in [-0.39, 0.29) is 12.1 Å². The highest BCUT2D eigenvalue weighted by atomic mass is 16.5. The van der Waals surface area contributed by atoms with Gasteiger partial charge in [-0.2, -0.15) is 0 Å². The summed E-state index contributed by atoms with van der Waals surface area (Å²) in [4.78, 5) is 0. The maximum Gasteiger partial charge on any atom is 0.122 e. The van der Waals surface area contributed by atoms with Crippen LogP contribution < -0.4 is 10.5 Å². The molecule has 0 aliphatic heterocycles. The molecule has 1 rings (SSSR count). The highest BCUT2D eigenvalue weighted by Crippen LogP contribution is 2.22. The summed E-state index contributed by atoms with van der Waals surface area (Å²) in [7, 11) is 1.68. The molecule has 0 radical (unpaired) electrons. The van der Waals surface area contributed by atoms with E-state index in [2.05, 4.69) is 6.07 Å². The van der Waals surface area contributed by atoms with Crippen molar-refractivity contribution in [2.75, 3.05) is 13.7 Å². The molecule has 1 aromatic carbocycles. The molecule has 0 amide bonds. The molecule has 0 aliphatic rings. The van der Waals surface area contributed by atoms with Crippen molar-refractivity contribution in [2.24, 2.45) is 5.73 Å². The number of ether oxygens (including phenoxy) is 2. The molecule has 0 fully saturated rings. The number of rotatable bonds is 5. The number of hydrogen-bond acceptors (Lipinski definition) is 3. The van der Waals surface area contributed by atoms with Gasteiger partial charge in [-0.05, 0) is 38.0 Å². The van der Waals surface area contributed by atoms with Gasteiger partial charge in [0.2, 0.25) is 0 Å². The van der Waals surface area contributed by atoms with Crippen LogP contribution in [0.25, 0.3) is 0 Å². The molecule has 16 heavy (non-hydrogen) atoms. The first-order valence-corrected chi connectivity index (χ1v) is 5.56. The lowest BCUT2D eigenvalue weighted by Crippen LogP contribution is -2.16. The smallest absolute Gasteiger partial charge is 0.122 e. The second-order valence-electron chi connectivity index (χ2n) is 4.17. The third-order valence-electron chi connectivity index (χ3n) is 2.60. The Hall–Kier alpha value is -1.06. The summed E-state index contributed by atoms with van der Waals surface area (Å²) in [5.41, 5.74) is 8.05. The van der Waals surface area contributed by atoms with Crippen LogP contribution >= 0.6 is 0 Å². The number of hydrogen-bond donors (Lipinski definition) is 1. The van der Waals surface area contributed by atoms with Crippen LogP contribution in [0.15, 0.2) is 18.2 Å². The van der Waals surface area contributed by atoms with Crippen LogP contribution in [0, 0.1) is 6.92 Å². The summed E-state index contributed by atoms with van der Waals surface area (Å²) in [6, 6.07) is 6.10. The van der Waals surface area contributed by atoms with Crippen LogP contribution in [0.3, 0.4) is 0 Å². The average molecular weight is 223 g/mol. The Kier molecular flexibility index (Phi) is 4.77. The fourth-order valence-corrected chi connectivity index (χ4v) is 1.39. The van der Waals surface area contributed by atoms with Gasteiger partial charge in [-0.1, -0.05) is 12.1 Å². The maximum atomic E-state index is 5.82. The lowest BCUT2D eigenvalue weighted by molar-refractivity contribution is 0.0714. The van der Waals surface area contributed by atoms with Gasteiger partial charge >= 0.3 is 0 Å². The summed E-state index contributed by atoms with van der Waals surface area (Å²) in [6.45, 7) is 6.54. The first-order valence-electron chi connectivity index (χ1n) is 5.56. The van der Waals surface area contributed by atoms with Gasteiger partial charge in [0.05, 0.1) is 6.10 Å². The van der Waals surface area contributed by atoms with Crippen molar-refractivity contribution in [1.29, 1.82) is 0 Å². The highest BCUT2D eigenvalue weighted by Gasteiger charge is 2.06. The minimum atomic E-state index is 0.0608. The van der Waals surface area contributed by atoms with Crippen LogP contribution in [0.5, 0.6) is 5.75 Å². The minimum Gasteiger partial charge on any atom is -0.491 e. The average Bonchev–Trinajstić information content (AvgIpc) is 2.26. The standard InChI is InChI=1S/C13H21NO2/c1-9-7-12(11(3)14)5-6-13(9)16-8-10(2)15-4/h5-7,10-11H,8,14H2,1-4H3/t10?,11-/m0/s1. The third kappa shape index (κ3) is 3.51. The van der Waals surface area contributed by atoms with Crippen molar-refractivity contribution < 1.29 is 9.47 Å². The van der Waals surface area contributed by atoms with Gasteiger partial charge in [-0.25, -0.2) is 0 Å². The minimum absolute atomic E-state index is 0.0608. The summed E-state index contributed by atoms with van der Waals surface area (Å²) >= 11 is 0. The number of methoxy groups -OCH3 is 1. The molecule has 0 saturated carbocycles.